The summed E-state index contributed by atoms with van der Waals surface area (Å²) in [5, 5.41) is 9.17. The van der Waals surface area contributed by atoms with E-state index in [1.54, 1.807) is 0 Å². The maximum atomic E-state index is 11.7. The van der Waals surface area contributed by atoms with Gasteiger partial charge in [-0.3, -0.25) is 4.79 Å². The van der Waals surface area contributed by atoms with Gasteiger partial charge in [0.1, 0.15) is 6.04 Å². The molecule has 4 nitrogen and oxygen atoms in total. The Morgan fingerprint density at radius 1 is 1.42 bits per heavy atom. The van der Waals surface area contributed by atoms with Crippen molar-refractivity contribution in [2.24, 2.45) is 0 Å². The second-order valence-electron chi connectivity index (χ2n) is 2.04. The first-order valence-corrected chi connectivity index (χ1v) is 2.85. The summed E-state index contributed by atoms with van der Waals surface area (Å²) in [6, 6.07) is -2.15. The molecule has 0 aliphatic rings. The van der Waals surface area contributed by atoms with Crippen molar-refractivity contribution in [2.75, 3.05) is 0 Å². The third-order valence-corrected chi connectivity index (χ3v) is 1.03. The number of carboxylic acid groups (broad SMARTS) is 1. The fourth-order valence-corrected chi connectivity index (χ4v) is 0.340. The average Bonchev–Trinajstić information content (AvgIpc) is 1.85. The Balaban J connectivity index is 4.11. The zero-order chi connectivity index (χ0) is 9.94. The summed E-state index contributed by atoms with van der Waals surface area (Å²) in [6.45, 7) is 0.654. The Hall–Kier alpha value is -1.27. The zero-order valence-corrected chi connectivity index (χ0v) is 5.97. The molecule has 0 rings (SSSR count). The van der Waals surface area contributed by atoms with Crippen LogP contribution in [0.5, 0.6) is 0 Å². The normalized spacial score (nSPS) is 13.7. The molecule has 7 heteroatoms. The van der Waals surface area contributed by atoms with Crippen LogP contribution in [-0.4, -0.2) is 29.2 Å². The molecule has 0 saturated carbocycles. The maximum absolute atomic E-state index is 11.7. The number of halogens is 3. The predicted molar refractivity (Wildman–Crippen MR) is 31.3 cm³/mol. The lowest BCUT2D eigenvalue weighted by Crippen LogP contribution is -2.45. The lowest BCUT2D eigenvalue weighted by atomic mass is 10.3. The van der Waals surface area contributed by atoms with Crippen LogP contribution in [0.4, 0.5) is 13.2 Å². The molecule has 12 heavy (non-hydrogen) atoms. The summed E-state index contributed by atoms with van der Waals surface area (Å²) in [7, 11) is 0. The van der Waals surface area contributed by atoms with Crippen LogP contribution in [0.25, 0.3) is 0 Å². The molecule has 1 atom stereocenters. The van der Waals surface area contributed by atoms with E-state index in [0.717, 1.165) is 0 Å². The minimum atomic E-state index is -4.62. The second-order valence-corrected chi connectivity index (χ2v) is 2.04. The van der Waals surface area contributed by atoms with Gasteiger partial charge in [-0.2, -0.15) is 13.2 Å². The Morgan fingerprint density at radius 2 is 1.83 bits per heavy atom. The highest BCUT2D eigenvalue weighted by Gasteiger charge is 2.37. The Bertz CT molecular complexity index is 201. The molecule has 0 aromatic heterocycles. The van der Waals surface area contributed by atoms with Gasteiger partial charge in [0.2, 0.25) is 0 Å². The standard InChI is InChI=1S/C5H6F3NO3/c1-2(5(6,7)8)9-3(10)4(11)12/h2H,1H3,(H,9,10)(H,11,12)/t2-/m1/s1. The SMILES string of the molecule is C[C@@H](NC(=O)C(=O)O)C(F)(F)F. The van der Waals surface area contributed by atoms with Crippen LogP contribution in [0.15, 0.2) is 0 Å². The van der Waals surface area contributed by atoms with Crippen LogP contribution in [0.1, 0.15) is 6.92 Å². The molecule has 0 aromatic rings. The Labute approximate surface area is 65.4 Å². The summed E-state index contributed by atoms with van der Waals surface area (Å²) in [5.41, 5.74) is 0. The number of carbonyl (C=O) groups excluding carboxylic acids is 1. The van der Waals surface area contributed by atoms with Crippen molar-refractivity contribution in [3.05, 3.63) is 0 Å². The summed E-state index contributed by atoms with van der Waals surface area (Å²) >= 11 is 0. The molecule has 0 aromatic carbocycles. The molecule has 0 fully saturated rings. The van der Waals surface area contributed by atoms with Gasteiger partial charge in [0.15, 0.2) is 0 Å². The monoisotopic (exact) mass is 185 g/mol. The quantitative estimate of drug-likeness (QED) is 0.571. The number of alkyl halides is 3. The van der Waals surface area contributed by atoms with Crippen molar-refractivity contribution < 1.29 is 27.9 Å². The summed E-state index contributed by atoms with van der Waals surface area (Å²) in [4.78, 5) is 20.0. The lowest BCUT2D eigenvalue weighted by Gasteiger charge is -2.15. The molecule has 0 heterocycles. The smallest absolute Gasteiger partial charge is 0.408 e. The largest absolute Gasteiger partial charge is 0.474 e. The first-order chi connectivity index (χ1) is 5.25. The first-order valence-electron chi connectivity index (χ1n) is 2.85. The van der Waals surface area contributed by atoms with Gasteiger partial charge in [0.25, 0.3) is 0 Å². The van der Waals surface area contributed by atoms with Gasteiger partial charge in [-0.15, -0.1) is 0 Å². The van der Waals surface area contributed by atoms with Crippen LogP contribution in [0.3, 0.4) is 0 Å². The lowest BCUT2D eigenvalue weighted by molar-refractivity contribution is -0.163. The molecule has 0 aliphatic heterocycles. The van der Waals surface area contributed by atoms with E-state index < -0.39 is 24.1 Å². The molecule has 0 radical (unpaired) electrons. The third kappa shape index (κ3) is 3.22. The molecule has 70 valence electrons. The van der Waals surface area contributed by atoms with Crippen molar-refractivity contribution in [3.8, 4) is 0 Å². The van der Waals surface area contributed by atoms with Crippen LogP contribution < -0.4 is 5.32 Å². The first kappa shape index (κ1) is 10.7. The fourth-order valence-electron chi connectivity index (χ4n) is 0.340. The molecule has 0 aliphatic carbocycles. The van der Waals surface area contributed by atoms with Gasteiger partial charge in [-0.1, -0.05) is 0 Å². The van der Waals surface area contributed by atoms with Gasteiger partial charge in [-0.05, 0) is 6.92 Å². The topological polar surface area (TPSA) is 66.4 Å². The number of aliphatic carboxylic acids is 1. The van der Waals surface area contributed by atoms with Crippen molar-refractivity contribution >= 4 is 11.9 Å². The number of nitrogens with one attached hydrogen (secondary N) is 1. The van der Waals surface area contributed by atoms with Crippen LogP contribution in [-0.2, 0) is 9.59 Å². The molecule has 0 saturated heterocycles. The van der Waals surface area contributed by atoms with Gasteiger partial charge in [0, 0.05) is 0 Å². The van der Waals surface area contributed by atoms with Crippen molar-refractivity contribution in [1.29, 1.82) is 0 Å². The maximum Gasteiger partial charge on any atom is 0.408 e. The number of amides is 1. The molecule has 0 unspecified atom stereocenters. The molecule has 0 spiro atoms. The van der Waals surface area contributed by atoms with Crippen LogP contribution >= 0.6 is 0 Å². The predicted octanol–water partition coefficient (Wildman–Crippen LogP) is 0.138. The highest BCUT2D eigenvalue weighted by atomic mass is 19.4. The second kappa shape index (κ2) is 3.42. The van der Waals surface area contributed by atoms with E-state index in [4.69, 9.17) is 5.11 Å². The minimum absolute atomic E-state index is 0.654. The molecule has 1 amide bonds. The van der Waals surface area contributed by atoms with Gasteiger partial charge < -0.3 is 10.4 Å². The summed E-state index contributed by atoms with van der Waals surface area (Å²) in [6.07, 6.45) is -4.62. The highest BCUT2D eigenvalue weighted by Crippen LogP contribution is 2.19. The van der Waals surface area contributed by atoms with E-state index in [1.165, 1.54) is 5.32 Å². The molecule has 2 N–H and O–H groups in total. The van der Waals surface area contributed by atoms with E-state index in [9.17, 15) is 22.8 Å². The van der Waals surface area contributed by atoms with Gasteiger partial charge in [0.05, 0.1) is 0 Å². The molecular formula is C5H6F3NO3. The minimum Gasteiger partial charge on any atom is -0.474 e. The van der Waals surface area contributed by atoms with E-state index in [-0.39, 0.29) is 0 Å². The van der Waals surface area contributed by atoms with Crippen molar-refractivity contribution in [1.82, 2.24) is 5.32 Å². The van der Waals surface area contributed by atoms with Gasteiger partial charge in [-0.25, -0.2) is 4.79 Å². The summed E-state index contributed by atoms with van der Waals surface area (Å²) in [5.74, 6) is -3.61. The van der Waals surface area contributed by atoms with E-state index in [2.05, 4.69) is 0 Å². The average molecular weight is 185 g/mol. The van der Waals surface area contributed by atoms with E-state index in [1.807, 2.05) is 0 Å². The van der Waals surface area contributed by atoms with Crippen molar-refractivity contribution in [2.45, 2.75) is 19.1 Å². The van der Waals surface area contributed by atoms with Crippen molar-refractivity contribution in [3.63, 3.8) is 0 Å². The fraction of sp³-hybridized carbons (Fsp3) is 0.600. The number of hydrogen-bond donors (Lipinski definition) is 2. The molecule has 0 bridgehead atoms. The highest BCUT2D eigenvalue weighted by molar-refractivity contribution is 6.31. The number of hydrogen-bond acceptors (Lipinski definition) is 2. The van der Waals surface area contributed by atoms with Gasteiger partial charge >= 0.3 is 18.1 Å². The summed E-state index contributed by atoms with van der Waals surface area (Å²) < 4.78 is 35.0. The third-order valence-electron chi connectivity index (χ3n) is 1.03. The number of carbonyl (C=O) groups is 2. The number of rotatable bonds is 1. The zero-order valence-electron chi connectivity index (χ0n) is 5.97. The van der Waals surface area contributed by atoms with E-state index in [0.29, 0.717) is 6.92 Å². The Morgan fingerprint density at radius 3 is 2.08 bits per heavy atom. The Kier molecular flexibility index (Phi) is 3.06. The van der Waals surface area contributed by atoms with Crippen LogP contribution in [0.2, 0.25) is 0 Å². The number of carboxylic acids is 1. The van der Waals surface area contributed by atoms with E-state index >= 15 is 0 Å². The molecular weight excluding hydrogens is 179 g/mol. The van der Waals surface area contributed by atoms with Crippen LogP contribution in [0, 0.1) is 0 Å².